The van der Waals surface area contributed by atoms with Gasteiger partial charge in [0.1, 0.15) is 0 Å². The third kappa shape index (κ3) is 2.30. The third-order valence-corrected chi connectivity index (χ3v) is 1.59. The van der Waals surface area contributed by atoms with Gasteiger partial charge in [-0.05, 0) is 6.92 Å². The van der Waals surface area contributed by atoms with E-state index < -0.39 is 11.2 Å². The normalized spacial score (nSPS) is 12.0. The van der Waals surface area contributed by atoms with E-state index in [1.807, 2.05) is 6.07 Å². The van der Waals surface area contributed by atoms with Crippen LogP contribution in [0.2, 0.25) is 0 Å². The number of aromatic amines is 1. The van der Waals surface area contributed by atoms with Crippen molar-refractivity contribution in [3.63, 3.8) is 0 Å². The highest BCUT2D eigenvalue weighted by atomic mass is 16.2. The molecule has 0 radical (unpaired) electrons. The van der Waals surface area contributed by atoms with Gasteiger partial charge >= 0.3 is 5.69 Å². The highest BCUT2D eigenvalue weighted by Crippen LogP contribution is 1.93. The molecule has 68 valence electrons. The maximum atomic E-state index is 11.1. The molecule has 1 atom stereocenters. The first-order valence-electron chi connectivity index (χ1n) is 3.83. The molecule has 0 amide bonds. The van der Waals surface area contributed by atoms with Crippen LogP contribution < -0.4 is 11.2 Å². The molecular weight excluding hydrogens is 170 g/mol. The van der Waals surface area contributed by atoms with Gasteiger partial charge in [0.2, 0.25) is 0 Å². The first-order valence-corrected chi connectivity index (χ1v) is 3.83. The molecule has 1 unspecified atom stereocenters. The number of H-pyrrole nitrogens is 1. The highest BCUT2D eigenvalue weighted by molar-refractivity contribution is 4.86. The van der Waals surface area contributed by atoms with Crippen molar-refractivity contribution in [2.24, 2.45) is 5.92 Å². The van der Waals surface area contributed by atoms with Gasteiger partial charge < -0.3 is 0 Å². The largest absolute Gasteiger partial charge is 0.328 e. The van der Waals surface area contributed by atoms with Gasteiger partial charge in [-0.3, -0.25) is 14.3 Å². The first-order chi connectivity index (χ1) is 6.13. The molecule has 0 saturated heterocycles. The van der Waals surface area contributed by atoms with Gasteiger partial charge in [-0.25, -0.2) is 4.79 Å². The Balaban J connectivity index is 2.99. The van der Waals surface area contributed by atoms with Crippen LogP contribution in [0.3, 0.4) is 0 Å². The molecule has 13 heavy (non-hydrogen) atoms. The van der Waals surface area contributed by atoms with Gasteiger partial charge in [0.05, 0.1) is 12.0 Å². The highest BCUT2D eigenvalue weighted by Gasteiger charge is 2.02. The van der Waals surface area contributed by atoms with E-state index in [1.165, 1.54) is 16.8 Å². The van der Waals surface area contributed by atoms with E-state index in [-0.39, 0.29) is 5.92 Å². The predicted molar refractivity (Wildman–Crippen MR) is 46.1 cm³/mol. The number of hydrogen-bond acceptors (Lipinski definition) is 3. The number of rotatable bonds is 2. The SMILES string of the molecule is CC(C#N)Cn1ccc(=O)[nH]c1=O. The van der Waals surface area contributed by atoms with E-state index in [2.05, 4.69) is 4.98 Å². The number of hydrogen-bond donors (Lipinski definition) is 1. The van der Waals surface area contributed by atoms with E-state index in [1.54, 1.807) is 6.92 Å². The lowest BCUT2D eigenvalue weighted by Gasteiger charge is -2.04. The predicted octanol–water partition coefficient (Wildman–Crippen LogP) is -0.304. The minimum atomic E-state index is -0.477. The average molecular weight is 179 g/mol. The van der Waals surface area contributed by atoms with E-state index >= 15 is 0 Å². The topological polar surface area (TPSA) is 78.7 Å². The second-order valence-electron chi connectivity index (χ2n) is 2.79. The molecule has 5 nitrogen and oxygen atoms in total. The lowest BCUT2D eigenvalue weighted by molar-refractivity contribution is 0.551. The number of nitrogens with one attached hydrogen (secondary N) is 1. The standard InChI is InChI=1S/C8H9N3O2/c1-6(4-9)5-11-3-2-7(12)10-8(11)13/h2-3,6H,5H2,1H3,(H,10,12,13). The van der Waals surface area contributed by atoms with Crippen molar-refractivity contribution >= 4 is 0 Å². The summed E-state index contributed by atoms with van der Waals surface area (Å²) >= 11 is 0. The molecule has 0 spiro atoms. The molecule has 1 rings (SSSR count). The molecule has 0 bridgehead atoms. The van der Waals surface area contributed by atoms with Crippen LogP contribution in [0, 0.1) is 17.2 Å². The fourth-order valence-corrected chi connectivity index (χ4v) is 0.924. The lowest BCUT2D eigenvalue weighted by atomic mass is 10.2. The molecule has 0 saturated carbocycles. The van der Waals surface area contributed by atoms with Crippen LogP contribution in [0.1, 0.15) is 6.92 Å². The summed E-state index contributed by atoms with van der Waals surface area (Å²) in [4.78, 5) is 23.9. The smallest absolute Gasteiger partial charge is 0.299 e. The Morgan fingerprint density at radius 2 is 2.38 bits per heavy atom. The van der Waals surface area contributed by atoms with Crippen LogP contribution in [0.15, 0.2) is 21.9 Å². The van der Waals surface area contributed by atoms with Crippen molar-refractivity contribution in [2.75, 3.05) is 0 Å². The molecule has 1 heterocycles. The number of nitriles is 1. The van der Waals surface area contributed by atoms with Crippen molar-refractivity contribution in [1.82, 2.24) is 9.55 Å². The van der Waals surface area contributed by atoms with Crippen molar-refractivity contribution < 1.29 is 0 Å². The minimum absolute atomic E-state index is 0.247. The van der Waals surface area contributed by atoms with Crippen molar-refractivity contribution in [3.05, 3.63) is 33.1 Å². The average Bonchev–Trinajstić information content (AvgIpc) is 2.09. The molecule has 5 heteroatoms. The van der Waals surface area contributed by atoms with Gasteiger partial charge in [0.25, 0.3) is 5.56 Å². The van der Waals surface area contributed by atoms with E-state index in [4.69, 9.17) is 5.26 Å². The lowest BCUT2D eigenvalue weighted by Crippen LogP contribution is -2.30. The van der Waals surface area contributed by atoms with Gasteiger partial charge in [-0.1, -0.05) is 0 Å². The molecule has 1 aromatic rings. The Hall–Kier alpha value is -1.83. The first kappa shape index (κ1) is 9.26. The summed E-state index contributed by atoms with van der Waals surface area (Å²) in [6, 6.07) is 3.26. The second kappa shape index (κ2) is 3.72. The van der Waals surface area contributed by atoms with Crippen LogP contribution in [-0.4, -0.2) is 9.55 Å². The van der Waals surface area contributed by atoms with Crippen LogP contribution in [0.5, 0.6) is 0 Å². The molecule has 0 fully saturated rings. The van der Waals surface area contributed by atoms with Crippen molar-refractivity contribution in [1.29, 1.82) is 5.26 Å². The summed E-state index contributed by atoms with van der Waals surface area (Å²) < 4.78 is 1.30. The second-order valence-corrected chi connectivity index (χ2v) is 2.79. The van der Waals surface area contributed by atoms with E-state index in [0.29, 0.717) is 6.54 Å². The molecular formula is C8H9N3O2. The minimum Gasteiger partial charge on any atom is -0.299 e. The summed E-state index contributed by atoms with van der Waals surface area (Å²) in [6.07, 6.45) is 1.38. The van der Waals surface area contributed by atoms with Crippen LogP contribution >= 0.6 is 0 Å². The van der Waals surface area contributed by atoms with E-state index in [9.17, 15) is 9.59 Å². The van der Waals surface area contributed by atoms with Gasteiger partial charge in [0, 0.05) is 18.8 Å². The van der Waals surface area contributed by atoms with Crippen LogP contribution in [0.25, 0.3) is 0 Å². The Morgan fingerprint density at radius 3 is 2.92 bits per heavy atom. The summed E-state index contributed by atoms with van der Waals surface area (Å²) in [5, 5.41) is 8.50. The maximum Gasteiger partial charge on any atom is 0.328 e. The third-order valence-electron chi connectivity index (χ3n) is 1.59. The molecule has 0 aliphatic carbocycles. The Bertz CT molecular complexity index is 438. The molecule has 1 N–H and O–H groups in total. The molecule has 0 aliphatic heterocycles. The van der Waals surface area contributed by atoms with Gasteiger partial charge in [-0.2, -0.15) is 5.26 Å². The van der Waals surface area contributed by atoms with Crippen LogP contribution in [0.4, 0.5) is 0 Å². The van der Waals surface area contributed by atoms with Gasteiger partial charge in [0.15, 0.2) is 0 Å². The summed E-state index contributed by atoms with van der Waals surface area (Å²) in [5.74, 6) is -0.247. The summed E-state index contributed by atoms with van der Waals surface area (Å²) in [7, 11) is 0. The van der Waals surface area contributed by atoms with Crippen molar-refractivity contribution in [2.45, 2.75) is 13.5 Å². The Morgan fingerprint density at radius 1 is 1.69 bits per heavy atom. The fraction of sp³-hybridized carbons (Fsp3) is 0.375. The fourth-order valence-electron chi connectivity index (χ4n) is 0.924. The number of nitrogens with zero attached hydrogens (tertiary/aromatic N) is 2. The Labute approximate surface area is 74.3 Å². The van der Waals surface area contributed by atoms with Gasteiger partial charge in [-0.15, -0.1) is 0 Å². The Kier molecular flexibility index (Phi) is 2.65. The maximum absolute atomic E-state index is 11.1. The summed E-state index contributed by atoms with van der Waals surface area (Å²) in [5.41, 5.74) is -0.902. The molecule has 0 aromatic carbocycles. The summed E-state index contributed by atoms with van der Waals surface area (Å²) in [6.45, 7) is 2.00. The zero-order chi connectivity index (χ0) is 9.84. The zero-order valence-electron chi connectivity index (χ0n) is 7.15. The molecule has 1 aromatic heterocycles. The molecule has 0 aliphatic rings. The van der Waals surface area contributed by atoms with E-state index in [0.717, 1.165) is 0 Å². The zero-order valence-corrected chi connectivity index (χ0v) is 7.15. The van der Waals surface area contributed by atoms with Crippen LogP contribution in [-0.2, 0) is 6.54 Å². The quantitative estimate of drug-likeness (QED) is 0.676. The number of aromatic nitrogens is 2. The van der Waals surface area contributed by atoms with Crippen molar-refractivity contribution in [3.8, 4) is 6.07 Å². The monoisotopic (exact) mass is 179 g/mol.